The maximum atomic E-state index is 4.02. The minimum Gasteiger partial charge on any atom is -0.356 e. The lowest BCUT2D eigenvalue weighted by Gasteiger charge is -2.28. The summed E-state index contributed by atoms with van der Waals surface area (Å²) in [5, 5.41) is 6.44. The minimum absolute atomic E-state index is 1.12. The van der Waals surface area contributed by atoms with Crippen molar-refractivity contribution in [3.8, 4) is 0 Å². The van der Waals surface area contributed by atoms with Crippen molar-refractivity contribution in [3.63, 3.8) is 0 Å². The zero-order valence-corrected chi connectivity index (χ0v) is 12.9. The zero-order chi connectivity index (χ0) is 13.7. The van der Waals surface area contributed by atoms with E-state index >= 15 is 0 Å². The van der Waals surface area contributed by atoms with Gasteiger partial charge in [-0.25, -0.2) is 0 Å². The number of hydrogen-bond donors (Lipinski definition) is 1. The van der Waals surface area contributed by atoms with Crippen LogP contribution < -0.4 is 10.5 Å². The van der Waals surface area contributed by atoms with Crippen LogP contribution in [0, 0.1) is 0 Å². The van der Waals surface area contributed by atoms with Crippen molar-refractivity contribution in [2.24, 2.45) is 0 Å². The maximum absolute atomic E-state index is 4.02. The lowest BCUT2D eigenvalue weighted by Crippen LogP contribution is -2.39. The third kappa shape index (κ3) is 2.90. The smallest absolute Gasteiger partial charge is 0.108 e. The highest BCUT2D eigenvalue weighted by Crippen LogP contribution is 2.25. The van der Waals surface area contributed by atoms with Crippen molar-refractivity contribution in [2.45, 2.75) is 32.2 Å². The van der Waals surface area contributed by atoms with E-state index in [0.29, 0.717) is 0 Å². The van der Waals surface area contributed by atoms with E-state index in [9.17, 15) is 0 Å². The molecule has 2 rings (SSSR count). The molecule has 1 aromatic rings. The van der Waals surface area contributed by atoms with Gasteiger partial charge in [-0.15, -0.1) is 0 Å². The van der Waals surface area contributed by atoms with Gasteiger partial charge in [-0.05, 0) is 22.5 Å². The summed E-state index contributed by atoms with van der Waals surface area (Å²) in [5.74, 6) is 0. The first kappa shape index (κ1) is 13.9. The van der Waals surface area contributed by atoms with Gasteiger partial charge in [-0.1, -0.05) is 69.7 Å². The number of hydrogen-bond acceptors (Lipinski definition) is 1. The Morgan fingerprint density at radius 1 is 1.16 bits per heavy atom. The summed E-state index contributed by atoms with van der Waals surface area (Å²) in [6.07, 6.45) is 7.91. The summed E-state index contributed by atoms with van der Waals surface area (Å²) >= 11 is 0. The van der Waals surface area contributed by atoms with Crippen molar-refractivity contribution in [2.75, 3.05) is 5.32 Å². The van der Waals surface area contributed by atoms with E-state index in [1.807, 2.05) is 12.2 Å². The first-order chi connectivity index (χ1) is 9.31. The van der Waals surface area contributed by atoms with Gasteiger partial charge in [0.05, 0.1) is 0 Å². The maximum Gasteiger partial charge on any atom is 0.108 e. The van der Waals surface area contributed by atoms with Crippen molar-refractivity contribution in [3.05, 3.63) is 60.5 Å². The van der Waals surface area contributed by atoms with Gasteiger partial charge < -0.3 is 5.32 Å². The fourth-order valence-corrected chi connectivity index (χ4v) is 6.21. The predicted molar refractivity (Wildman–Crippen MR) is 88.6 cm³/mol. The molecule has 0 spiro atoms. The average Bonchev–Trinajstić information content (AvgIpc) is 2.46. The van der Waals surface area contributed by atoms with Gasteiger partial charge in [0.1, 0.15) is 8.80 Å². The molecule has 2 heteroatoms. The predicted octanol–water partition coefficient (Wildman–Crippen LogP) is 3.90. The fourth-order valence-electron chi connectivity index (χ4n) is 2.82. The highest BCUT2D eigenvalue weighted by molar-refractivity contribution is 6.82. The molecule has 0 aliphatic carbocycles. The van der Waals surface area contributed by atoms with E-state index in [1.54, 1.807) is 0 Å². The van der Waals surface area contributed by atoms with Crippen LogP contribution in [0.1, 0.15) is 26.2 Å². The molecule has 1 nitrogen and oxygen atoms in total. The highest BCUT2D eigenvalue weighted by atomic mass is 28.3. The van der Waals surface area contributed by atoms with E-state index < -0.39 is 8.80 Å². The van der Waals surface area contributed by atoms with Gasteiger partial charge in [0.15, 0.2) is 0 Å². The van der Waals surface area contributed by atoms with Crippen molar-refractivity contribution in [1.29, 1.82) is 0 Å². The Morgan fingerprint density at radius 3 is 2.63 bits per heavy atom. The van der Waals surface area contributed by atoms with Crippen LogP contribution in [-0.2, 0) is 0 Å². The van der Waals surface area contributed by atoms with Crippen molar-refractivity contribution < 1.29 is 0 Å². The first-order valence-electron chi connectivity index (χ1n) is 7.16. The number of nitrogens with one attached hydrogen (secondary N) is 1. The van der Waals surface area contributed by atoms with Crippen LogP contribution in [0.4, 0.5) is 5.69 Å². The van der Waals surface area contributed by atoms with E-state index in [0.717, 1.165) is 0 Å². The van der Waals surface area contributed by atoms with Crippen LogP contribution in [0.15, 0.2) is 60.5 Å². The second kappa shape index (κ2) is 6.57. The van der Waals surface area contributed by atoms with Gasteiger partial charge in [0, 0.05) is 11.4 Å². The number of benzene rings is 1. The van der Waals surface area contributed by atoms with Gasteiger partial charge in [0.25, 0.3) is 0 Å². The third-order valence-electron chi connectivity index (χ3n) is 3.81. The lowest BCUT2D eigenvalue weighted by molar-refractivity contribution is 0.767. The third-order valence-corrected chi connectivity index (χ3v) is 7.35. The van der Waals surface area contributed by atoms with Gasteiger partial charge in [-0.2, -0.15) is 0 Å². The molecule has 19 heavy (non-hydrogen) atoms. The molecular formula is C17H23NSi. The molecule has 1 heterocycles. The Morgan fingerprint density at radius 2 is 1.95 bits per heavy atom. The van der Waals surface area contributed by atoms with E-state index in [2.05, 4.69) is 49.7 Å². The molecule has 1 atom stereocenters. The van der Waals surface area contributed by atoms with Crippen LogP contribution in [0.25, 0.3) is 0 Å². The molecule has 0 radical (unpaired) electrons. The Hall–Kier alpha value is -1.54. The normalized spacial score (nSPS) is 17.6. The minimum atomic E-state index is -1.12. The summed E-state index contributed by atoms with van der Waals surface area (Å²) in [7, 11) is -1.12. The molecule has 0 amide bonds. The molecule has 0 bridgehead atoms. The molecule has 1 aliphatic heterocycles. The number of allylic oxidation sites excluding steroid dienone is 3. The van der Waals surface area contributed by atoms with E-state index in [4.69, 9.17) is 0 Å². The largest absolute Gasteiger partial charge is 0.356 e. The van der Waals surface area contributed by atoms with Gasteiger partial charge in [0.2, 0.25) is 0 Å². The fraction of sp³-hybridized carbons (Fsp3) is 0.294. The number of fused-ring (bicyclic) bond motifs is 1. The second-order valence-corrected chi connectivity index (χ2v) is 7.96. The molecule has 0 aromatic heterocycles. The zero-order valence-electron chi connectivity index (χ0n) is 11.8. The summed E-state index contributed by atoms with van der Waals surface area (Å²) in [4.78, 5) is 0. The summed E-state index contributed by atoms with van der Waals surface area (Å²) in [5.41, 5.74) is 2.44. The summed E-state index contributed by atoms with van der Waals surface area (Å²) in [6, 6.07) is 10.0. The Balaban J connectivity index is 2.35. The summed E-state index contributed by atoms with van der Waals surface area (Å²) < 4.78 is 0. The first-order valence-corrected chi connectivity index (χ1v) is 9.14. The van der Waals surface area contributed by atoms with Gasteiger partial charge >= 0.3 is 0 Å². The molecule has 1 aliphatic rings. The van der Waals surface area contributed by atoms with E-state index in [1.165, 1.54) is 47.1 Å². The Kier molecular flexibility index (Phi) is 4.80. The van der Waals surface area contributed by atoms with Crippen LogP contribution in [0.5, 0.6) is 0 Å². The molecule has 1 unspecified atom stereocenters. The average molecular weight is 269 g/mol. The number of anilines is 1. The topological polar surface area (TPSA) is 12.0 Å². The molecule has 100 valence electrons. The van der Waals surface area contributed by atoms with Crippen molar-refractivity contribution in [1.82, 2.24) is 0 Å². The molecule has 0 saturated heterocycles. The molecule has 1 N–H and O–H groups in total. The van der Waals surface area contributed by atoms with E-state index in [-0.39, 0.29) is 0 Å². The number of unbranched alkanes of at least 4 members (excludes halogenated alkanes) is 2. The molecule has 0 fully saturated rings. The van der Waals surface area contributed by atoms with Crippen LogP contribution in [-0.4, -0.2) is 8.80 Å². The van der Waals surface area contributed by atoms with Crippen molar-refractivity contribution >= 4 is 19.7 Å². The van der Waals surface area contributed by atoms with Crippen LogP contribution in [0.2, 0.25) is 6.04 Å². The Labute approximate surface area is 118 Å². The highest BCUT2D eigenvalue weighted by Gasteiger charge is 2.25. The quantitative estimate of drug-likeness (QED) is 0.610. The van der Waals surface area contributed by atoms with Crippen LogP contribution >= 0.6 is 0 Å². The number of para-hydroxylation sites is 1. The SMILES string of the molecule is C=CC1=C(C=C)[SiH](CCCCC)c2ccccc2N1. The Bertz CT molecular complexity index is 502. The summed E-state index contributed by atoms with van der Waals surface area (Å²) in [6.45, 7) is 10.2. The van der Waals surface area contributed by atoms with Gasteiger partial charge in [-0.3, -0.25) is 0 Å². The molecule has 0 saturated carbocycles. The second-order valence-electron chi connectivity index (χ2n) is 5.04. The number of rotatable bonds is 6. The van der Waals surface area contributed by atoms with Crippen LogP contribution in [0.3, 0.4) is 0 Å². The monoisotopic (exact) mass is 269 g/mol. The standard InChI is InChI=1S/C17H23NSi/c1-4-7-10-13-19-16(6-3)14(5-2)18-15-11-8-9-12-17(15)19/h5-6,8-9,11-12,18-19H,2-4,7,10,13H2,1H3. The lowest BCUT2D eigenvalue weighted by atomic mass is 10.2. The molecular weight excluding hydrogens is 246 g/mol. The molecule has 1 aromatic carbocycles.